The van der Waals surface area contributed by atoms with Gasteiger partial charge in [-0.2, -0.15) is 0 Å². The van der Waals surface area contributed by atoms with Crippen molar-refractivity contribution in [1.82, 2.24) is 4.98 Å². The number of carbonyl (C=O) groups is 1. The molecule has 0 amide bonds. The fourth-order valence-corrected chi connectivity index (χ4v) is 2.21. The molecule has 0 saturated heterocycles. The summed E-state index contributed by atoms with van der Waals surface area (Å²) >= 11 is 5.12. The predicted molar refractivity (Wildman–Crippen MR) is 87.5 cm³/mol. The Hall–Kier alpha value is -2.21. The molecule has 0 unspecified atom stereocenters. The molecule has 2 N–H and O–H groups in total. The molecule has 0 aliphatic rings. The van der Waals surface area contributed by atoms with Crippen LogP contribution in [0, 0.1) is 0 Å². The zero-order valence-electron chi connectivity index (χ0n) is 12.0. The van der Waals surface area contributed by atoms with Gasteiger partial charge in [0.05, 0.1) is 19.0 Å². The van der Waals surface area contributed by atoms with Gasteiger partial charge in [0.2, 0.25) is 0 Å². The number of nitrogens with two attached hydrogens (primary N) is 1. The fourth-order valence-electron chi connectivity index (χ4n) is 2.04. The lowest BCUT2D eigenvalue weighted by Gasteiger charge is -2.19. The average molecular weight is 303 g/mol. The molecule has 6 heteroatoms. The molecule has 1 aromatic heterocycles. The quantitative estimate of drug-likeness (QED) is 0.672. The third kappa shape index (κ3) is 3.46. The van der Waals surface area contributed by atoms with Crippen molar-refractivity contribution >= 4 is 39.9 Å². The van der Waals surface area contributed by atoms with Gasteiger partial charge in [-0.25, -0.2) is 4.98 Å². The van der Waals surface area contributed by atoms with Crippen molar-refractivity contribution in [3.8, 4) is 0 Å². The molecular formula is C15H17N3O2S. The summed E-state index contributed by atoms with van der Waals surface area (Å²) in [6.45, 7) is 0.509. The van der Waals surface area contributed by atoms with Crippen molar-refractivity contribution in [2.75, 3.05) is 25.6 Å². The minimum Gasteiger partial charge on any atom is -0.469 e. The number of fused-ring (bicyclic) bond motifs is 1. The van der Waals surface area contributed by atoms with Crippen LogP contribution in [0.15, 0.2) is 30.3 Å². The van der Waals surface area contributed by atoms with E-state index in [0.29, 0.717) is 18.0 Å². The lowest BCUT2D eigenvalue weighted by Crippen LogP contribution is -2.23. The number of pyridine rings is 1. The lowest BCUT2D eigenvalue weighted by molar-refractivity contribution is -0.140. The maximum atomic E-state index is 11.2. The Bertz CT molecular complexity index is 688. The van der Waals surface area contributed by atoms with Crippen molar-refractivity contribution in [3.05, 3.63) is 35.9 Å². The molecule has 110 valence electrons. The molecule has 0 aliphatic carbocycles. The first kappa shape index (κ1) is 15.2. The molecule has 0 aliphatic heterocycles. The largest absolute Gasteiger partial charge is 0.469 e. The summed E-state index contributed by atoms with van der Waals surface area (Å²) in [5.74, 6) is 0.470. The maximum absolute atomic E-state index is 11.2. The number of methoxy groups -OCH3 is 1. The molecule has 0 bridgehead atoms. The molecule has 0 saturated carbocycles. The molecule has 1 heterocycles. The Kier molecular flexibility index (Phi) is 4.70. The van der Waals surface area contributed by atoms with E-state index in [4.69, 9.17) is 18.0 Å². The van der Waals surface area contributed by atoms with Crippen molar-refractivity contribution in [1.29, 1.82) is 0 Å². The minimum absolute atomic E-state index is 0.253. The van der Waals surface area contributed by atoms with E-state index in [1.165, 1.54) is 7.11 Å². The van der Waals surface area contributed by atoms with E-state index < -0.39 is 0 Å². The van der Waals surface area contributed by atoms with E-state index in [1.54, 1.807) is 0 Å². The number of carbonyl (C=O) groups excluding carboxylic acids is 1. The Morgan fingerprint density at radius 2 is 2.14 bits per heavy atom. The first-order valence-corrected chi connectivity index (χ1v) is 6.91. The van der Waals surface area contributed by atoms with E-state index in [2.05, 4.69) is 9.72 Å². The van der Waals surface area contributed by atoms with Crippen LogP contribution in [0.2, 0.25) is 0 Å². The van der Waals surface area contributed by atoms with Gasteiger partial charge >= 0.3 is 5.97 Å². The van der Waals surface area contributed by atoms with E-state index in [-0.39, 0.29) is 5.97 Å². The topological polar surface area (TPSA) is 68.5 Å². The SMILES string of the molecule is COC(=O)CCN(C)c1cc(C(N)=S)c2ccccc2n1. The van der Waals surface area contributed by atoms with Crippen LogP contribution < -0.4 is 10.6 Å². The molecule has 0 atom stereocenters. The average Bonchev–Trinajstić information content (AvgIpc) is 2.50. The van der Waals surface area contributed by atoms with E-state index in [0.717, 1.165) is 22.3 Å². The van der Waals surface area contributed by atoms with Crippen LogP contribution in [0.3, 0.4) is 0 Å². The number of nitrogens with zero attached hydrogens (tertiary/aromatic N) is 2. The van der Waals surface area contributed by atoms with Gasteiger partial charge in [-0.15, -0.1) is 0 Å². The number of para-hydroxylation sites is 1. The zero-order chi connectivity index (χ0) is 15.4. The molecule has 5 nitrogen and oxygen atoms in total. The normalized spacial score (nSPS) is 10.4. The summed E-state index contributed by atoms with van der Waals surface area (Å²) in [7, 11) is 3.24. The Labute approximate surface area is 128 Å². The maximum Gasteiger partial charge on any atom is 0.307 e. The number of esters is 1. The number of hydrogen-bond donors (Lipinski definition) is 1. The highest BCUT2D eigenvalue weighted by Crippen LogP contribution is 2.22. The van der Waals surface area contributed by atoms with Gasteiger partial charge in [0.15, 0.2) is 0 Å². The number of aromatic nitrogens is 1. The monoisotopic (exact) mass is 303 g/mol. The smallest absolute Gasteiger partial charge is 0.307 e. The second kappa shape index (κ2) is 6.49. The summed E-state index contributed by atoms with van der Waals surface area (Å²) in [4.78, 5) is 18.0. The highest BCUT2D eigenvalue weighted by Gasteiger charge is 2.11. The Balaban J connectivity index is 2.36. The lowest BCUT2D eigenvalue weighted by atomic mass is 10.1. The van der Waals surface area contributed by atoms with Crippen LogP contribution in [0.25, 0.3) is 10.9 Å². The molecule has 2 rings (SSSR count). The summed E-state index contributed by atoms with van der Waals surface area (Å²) in [6, 6.07) is 9.54. The highest BCUT2D eigenvalue weighted by molar-refractivity contribution is 7.80. The molecule has 0 fully saturated rings. The number of anilines is 1. The van der Waals surface area contributed by atoms with Crippen molar-refractivity contribution in [2.45, 2.75) is 6.42 Å². The standard InChI is InChI=1S/C15H17N3O2S/c1-18(8-7-14(19)20-2)13-9-11(15(16)21)10-5-3-4-6-12(10)17-13/h3-6,9H,7-8H2,1-2H3,(H2,16,21). The van der Waals surface area contributed by atoms with Gasteiger partial charge in [-0.3, -0.25) is 4.79 Å². The van der Waals surface area contributed by atoms with Gasteiger partial charge in [0.25, 0.3) is 0 Å². The first-order valence-electron chi connectivity index (χ1n) is 6.50. The predicted octanol–water partition coefficient (Wildman–Crippen LogP) is 1.87. The first-order chi connectivity index (χ1) is 10.0. The van der Waals surface area contributed by atoms with Gasteiger partial charge in [-0.05, 0) is 12.1 Å². The Morgan fingerprint density at radius 3 is 2.81 bits per heavy atom. The molecular weight excluding hydrogens is 286 g/mol. The summed E-state index contributed by atoms with van der Waals surface area (Å²) in [6.07, 6.45) is 0.296. The summed E-state index contributed by atoms with van der Waals surface area (Å²) in [5, 5.41) is 0.926. The Morgan fingerprint density at radius 1 is 1.43 bits per heavy atom. The second-order valence-electron chi connectivity index (χ2n) is 4.66. The van der Waals surface area contributed by atoms with E-state index in [1.807, 2.05) is 42.3 Å². The molecule has 0 spiro atoms. The number of hydrogen-bond acceptors (Lipinski definition) is 5. The number of thiocarbonyl (C=S) groups is 1. The number of rotatable bonds is 5. The molecule has 2 aromatic rings. The van der Waals surface area contributed by atoms with Crippen LogP contribution in [-0.4, -0.2) is 36.6 Å². The molecule has 21 heavy (non-hydrogen) atoms. The van der Waals surface area contributed by atoms with Crippen LogP contribution >= 0.6 is 12.2 Å². The van der Waals surface area contributed by atoms with Crippen molar-refractivity contribution in [3.63, 3.8) is 0 Å². The van der Waals surface area contributed by atoms with Gasteiger partial charge in [-0.1, -0.05) is 30.4 Å². The van der Waals surface area contributed by atoms with E-state index >= 15 is 0 Å². The third-order valence-corrected chi connectivity index (χ3v) is 3.46. The highest BCUT2D eigenvalue weighted by atomic mass is 32.1. The third-order valence-electron chi connectivity index (χ3n) is 3.24. The van der Waals surface area contributed by atoms with E-state index in [9.17, 15) is 4.79 Å². The van der Waals surface area contributed by atoms with Crippen molar-refractivity contribution in [2.24, 2.45) is 5.73 Å². The van der Waals surface area contributed by atoms with Gasteiger partial charge in [0, 0.05) is 24.5 Å². The number of ether oxygens (including phenoxy) is 1. The second-order valence-corrected chi connectivity index (χ2v) is 5.10. The van der Waals surface area contributed by atoms with Gasteiger partial charge in [0.1, 0.15) is 10.8 Å². The fraction of sp³-hybridized carbons (Fsp3) is 0.267. The van der Waals surface area contributed by atoms with Crippen LogP contribution in [0.1, 0.15) is 12.0 Å². The van der Waals surface area contributed by atoms with Crippen LogP contribution in [0.5, 0.6) is 0 Å². The zero-order valence-corrected chi connectivity index (χ0v) is 12.8. The van der Waals surface area contributed by atoms with Crippen molar-refractivity contribution < 1.29 is 9.53 Å². The summed E-state index contributed by atoms with van der Waals surface area (Å²) in [5.41, 5.74) is 7.41. The minimum atomic E-state index is -0.253. The van der Waals surface area contributed by atoms with Crippen LogP contribution in [-0.2, 0) is 9.53 Å². The number of benzene rings is 1. The van der Waals surface area contributed by atoms with Gasteiger partial charge < -0.3 is 15.4 Å². The molecule has 0 radical (unpaired) electrons. The summed E-state index contributed by atoms with van der Waals surface area (Å²) < 4.78 is 4.64. The molecule has 1 aromatic carbocycles. The van der Waals surface area contributed by atoms with Crippen LogP contribution in [0.4, 0.5) is 5.82 Å².